The molecule has 25 nitrogen and oxygen atoms in total. The summed E-state index contributed by atoms with van der Waals surface area (Å²) >= 11 is 0. The van der Waals surface area contributed by atoms with Gasteiger partial charge in [0.1, 0.15) is 35.0 Å². The molecule has 2 aromatic heterocycles. The number of aromatic amines is 2. The number of carboxylic acid groups (broad SMARTS) is 1. The van der Waals surface area contributed by atoms with Crippen molar-refractivity contribution in [1.82, 2.24) is 51.8 Å². The number of nitrogens with zero attached hydrogens (tertiary/aromatic N) is 4. The summed E-state index contributed by atoms with van der Waals surface area (Å²) in [6, 6.07) is 1.86. The molecule has 0 fully saturated rings. The van der Waals surface area contributed by atoms with E-state index in [0.29, 0.717) is 101 Å². The number of aromatic nitrogens is 4. The van der Waals surface area contributed by atoms with Crippen LogP contribution in [0.5, 0.6) is 0 Å². The summed E-state index contributed by atoms with van der Waals surface area (Å²) in [4.78, 5) is 87.9. The summed E-state index contributed by atoms with van der Waals surface area (Å²) in [5.41, 5.74) is 33.5. The number of ketones is 5. The van der Waals surface area contributed by atoms with Crippen molar-refractivity contribution >= 4 is 46.8 Å². The van der Waals surface area contributed by atoms with Crippen LogP contribution < -0.4 is 66.3 Å². The van der Waals surface area contributed by atoms with E-state index in [1.165, 1.54) is 0 Å². The maximum absolute atomic E-state index is 11.3. The predicted octanol–water partition coefficient (Wildman–Crippen LogP) is 3.96. The topological polar surface area (TPSA) is 433 Å². The first-order valence-electron chi connectivity index (χ1n) is 29.9. The molecule has 6 atom stereocenters. The highest BCUT2D eigenvalue weighted by Gasteiger charge is 2.19. The molecular formula is C59H120N18O7. The Hall–Kier alpha value is -5.54. The third kappa shape index (κ3) is 58.2. The number of carbonyl (C=O) groups excluding carboxylic acids is 5. The number of carboxylic acids is 1. The largest absolute Gasteiger partial charge is 0.480 e. The minimum Gasteiger partial charge on any atom is -0.480 e. The van der Waals surface area contributed by atoms with Gasteiger partial charge in [-0.2, -0.15) is 0 Å². The molecule has 2 aromatic rings. The van der Waals surface area contributed by atoms with Crippen molar-refractivity contribution in [3.8, 4) is 0 Å². The lowest BCUT2D eigenvalue weighted by atomic mass is 10.0. The van der Waals surface area contributed by atoms with Crippen LogP contribution in [0, 0.1) is 0 Å². The van der Waals surface area contributed by atoms with Crippen LogP contribution in [0.15, 0.2) is 35.0 Å². The SMILES string of the molecule is CC(=O)C(CCCCN)NC(C)C.CC(=O)C(Cc1cnc[nH]1)NC(C)C.CC(=O)CC(CCCN)NC(C)C.CC(=O)CC(CCN=C(N)N)NC(C)C.CC(=O)CC(NC(C)C)c1cnc[nH]1.CC(C)NC(CCCN=C(N)N)C(=O)O. The van der Waals surface area contributed by atoms with E-state index in [9.17, 15) is 28.8 Å². The number of imidazole rings is 2. The van der Waals surface area contributed by atoms with Crippen molar-refractivity contribution < 1.29 is 33.9 Å². The van der Waals surface area contributed by atoms with Gasteiger partial charge in [0, 0.05) is 105 Å². The number of carbonyl (C=O) groups is 6. The molecule has 21 N–H and O–H groups in total. The summed E-state index contributed by atoms with van der Waals surface area (Å²) in [6.45, 7) is 34.9. The molecule has 0 saturated carbocycles. The van der Waals surface area contributed by atoms with Gasteiger partial charge in [-0.1, -0.05) is 89.5 Å². The normalized spacial score (nSPS) is 13.0. The number of guanidine groups is 2. The van der Waals surface area contributed by atoms with Crippen molar-refractivity contribution in [3.05, 3.63) is 36.4 Å². The molecule has 0 aliphatic heterocycles. The van der Waals surface area contributed by atoms with Gasteiger partial charge in [-0.25, -0.2) is 9.97 Å². The monoisotopic (exact) mass is 1190 g/mol. The van der Waals surface area contributed by atoms with Crippen LogP contribution in [0.25, 0.3) is 0 Å². The van der Waals surface area contributed by atoms with Crippen LogP contribution in [0.2, 0.25) is 0 Å². The van der Waals surface area contributed by atoms with Gasteiger partial charge in [-0.05, 0) is 92.7 Å². The third-order valence-corrected chi connectivity index (χ3v) is 11.4. The molecule has 25 heteroatoms. The first-order chi connectivity index (χ1) is 39.2. The fourth-order valence-corrected chi connectivity index (χ4v) is 8.07. The number of H-pyrrole nitrogens is 2. The van der Waals surface area contributed by atoms with Crippen LogP contribution >= 0.6 is 0 Å². The van der Waals surface area contributed by atoms with E-state index < -0.39 is 12.0 Å². The molecule has 0 saturated heterocycles. The Morgan fingerprint density at radius 2 is 0.905 bits per heavy atom. The summed E-state index contributed by atoms with van der Waals surface area (Å²) in [5, 5.41) is 28.3. The average Bonchev–Trinajstić information content (AvgIpc) is 4.09. The quantitative estimate of drug-likeness (QED) is 0.0257. The average molecular weight is 1190 g/mol. The zero-order valence-electron chi connectivity index (χ0n) is 54.7. The van der Waals surface area contributed by atoms with Crippen molar-refractivity contribution in [2.24, 2.45) is 44.4 Å². The number of aliphatic carboxylic acids is 1. The number of Topliss-reactive ketones (excluding diaryl/α,β-unsaturated/α-hetero) is 5. The fourth-order valence-electron chi connectivity index (χ4n) is 8.07. The first kappa shape index (κ1) is 84.9. The van der Waals surface area contributed by atoms with Gasteiger partial charge in [-0.3, -0.25) is 38.8 Å². The van der Waals surface area contributed by atoms with Gasteiger partial charge in [-0.15, -0.1) is 0 Å². The van der Waals surface area contributed by atoms with E-state index in [-0.39, 0.29) is 71.0 Å². The van der Waals surface area contributed by atoms with Crippen molar-refractivity contribution in [1.29, 1.82) is 0 Å². The van der Waals surface area contributed by atoms with E-state index in [1.54, 1.807) is 59.7 Å². The van der Waals surface area contributed by atoms with Crippen molar-refractivity contribution in [2.45, 2.75) is 267 Å². The molecule has 84 heavy (non-hydrogen) atoms. The highest BCUT2D eigenvalue weighted by atomic mass is 16.4. The molecule has 0 radical (unpaired) electrons. The minimum absolute atomic E-state index is 0.0200. The van der Waals surface area contributed by atoms with Gasteiger partial charge in [0.2, 0.25) is 0 Å². The predicted molar refractivity (Wildman–Crippen MR) is 343 cm³/mol. The maximum Gasteiger partial charge on any atom is 0.320 e. The molecule has 0 aliphatic rings. The number of nitrogens with one attached hydrogen (secondary N) is 8. The summed E-state index contributed by atoms with van der Waals surface area (Å²) < 4.78 is 0. The van der Waals surface area contributed by atoms with Gasteiger partial charge in [0.25, 0.3) is 0 Å². The van der Waals surface area contributed by atoms with E-state index in [0.717, 1.165) is 49.9 Å². The second-order valence-corrected chi connectivity index (χ2v) is 22.9. The lowest BCUT2D eigenvalue weighted by molar-refractivity contribution is -0.140. The summed E-state index contributed by atoms with van der Waals surface area (Å²) in [6.07, 6.45) is 15.9. The molecule has 0 amide bonds. The molecule has 488 valence electrons. The Balaban J connectivity index is -0.000000458. The molecule has 0 bridgehead atoms. The zero-order chi connectivity index (χ0) is 65.3. The number of rotatable bonds is 38. The Kier molecular flexibility index (Phi) is 53.5. The second-order valence-electron chi connectivity index (χ2n) is 22.9. The van der Waals surface area contributed by atoms with Gasteiger partial charge >= 0.3 is 5.97 Å². The van der Waals surface area contributed by atoms with Gasteiger partial charge in [0.15, 0.2) is 11.9 Å². The zero-order valence-corrected chi connectivity index (χ0v) is 54.7. The number of unbranched alkanes of at least 4 members (excludes halogenated alkanes) is 1. The smallest absolute Gasteiger partial charge is 0.320 e. The summed E-state index contributed by atoms with van der Waals surface area (Å²) in [7, 11) is 0. The van der Waals surface area contributed by atoms with E-state index in [4.69, 9.17) is 39.5 Å². The van der Waals surface area contributed by atoms with Gasteiger partial charge < -0.3 is 81.4 Å². The number of hydrogen-bond donors (Lipinski definition) is 15. The Labute approximate surface area is 505 Å². The molecule has 0 aliphatic carbocycles. The van der Waals surface area contributed by atoms with Crippen molar-refractivity contribution in [2.75, 3.05) is 26.2 Å². The Morgan fingerprint density at radius 3 is 1.29 bits per heavy atom. The standard InChI is InChI=1S/C10H22N4O.2C10H17N3O.2C10H22N2O.C9H20N4O2/c1-7(2)14-9(6-8(3)15)4-5-13-10(11)12;1-7(2)13-10(8(3)14)4-9-5-11-6-12-9;1-7(2)13-9(4-8(3)14)10-5-11-6-12-10;1-8(2)12-10(5-4-6-11)7-9(3)13;1-8(2)12-10(9(3)13)6-4-5-7-11;1-6(2)13-7(8(14)15)4-3-5-12-9(10)11/h7,9,14H,4-6H2,1-3H3,(H4,11,12,13);5-7,10,13H,4H2,1-3H3,(H,11,12);5-7,9,13H,4H2,1-3H3,(H,11,12);2*8,10,12H,4-7,11H2,1-3H3;6-7,13H,3-5H2,1-2H3,(H,14,15)(H4,10,11,12). The van der Waals surface area contributed by atoms with Crippen LogP contribution in [-0.2, 0) is 35.2 Å². The molecular weight excluding hydrogens is 1070 g/mol. The number of hydrogen-bond acceptors (Lipinski definition) is 18. The van der Waals surface area contributed by atoms with E-state index >= 15 is 0 Å². The highest BCUT2D eigenvalue weighted by Crippen LogP contribution is 2.15. The van der Waals surface area contributed by atoms with Crippen LogP contribution in [0.3, 0.4) is 0 Å². The lowest BCUT2D eigenvalue weighted by Gasteiger charge is -2.19. The summed E-state index contributed by atoms with van der Waals surface area (Å²) in [5.74, 6) is 0.290. The lowest BCUT2D eigenvalue weighted by Crippen LogP contribution is -2.41. The fraction of sp³-hybridized carbons (Fsp3) is 0.763. The molecule has 0 spiro atoms. The van der Waals surface area contributed by atoms with Crippen molar-refractivity contribution in [3.63, 3.8) is 0 Å². The number of aliphatic imine (C=N–C) groups is 2. The number of nitrogens with two attached hydrogens (primary N) is 6. The molecule has 0 aromatic carbocycles. The molecule has 6 unspecified atom stereocenters. The highest BCUT2D eigenvalue weighted by molar-refractivity contribution is 5.82. The van der Waals surface area contributed by atoms with E-state index in [2.05, 4.69) is 103 Å². The van der Waals surface area contributed by atoms with Crippen LogP contribution in [-0.4, -0.2) is 164 Å². The Morgan fingerprint density at radius 1 is 0.488 bits per heavy atom. The maximum atomic E-state index is 11.3. The molecule has 2 rings (SSSR count). The second kappa shape index (κ2) is 53.0. The van der Waals surface area contributed by atoms with Crippen LogP contribution in [0.1, 0.15) is 206 Å². The third-order valence-electron chi connectivity index (χ3n) is 11.4. The minimum atomic E-state index is -0.839. The molecule has 2 heterocycles. The van der Waals surface area contributed by atoms with Gasteiger partial charge in [0.05, 0.1) is 36.5 Å². The first-order valence-corrected chi connectivity index (χ1v) is 29.9. The Bertz CT molecular complexity index is 2020. The van der Waals surface area contributed by atoms with Crippen LogP contribution in [0.4, 0.5) is 0 Å². The van der Waals surface area contributed by atoms with E-state index in [1.807, 2.05) is 41.5 Å².